The van der Waals surface area contributed by atoms with Crippen LogP contribution in [0, 0.1) is 0 Å². The molecule has 0 aromatic carbocycles. The van der Waals surface area contributed by atoms with E-state index in [1.807, 2.05) is 13.8 Å². The molecule has 0 saturated carbocycles. The van der Waals surface area contributed by atoms with E-state index in [1.54, 1.807) is 0 Å². The molecule has 3 nitrogen and oxygen atoms in total. The summed E-state index contributed by atoms with van der Waals surface area (Å²) in [6.07, 6.45) is 3.46. The molecule has 0 amide bonds. The summed E-state index contributed by atoms with van der Waals surface area (Å²) in [6, 6.07) is 0. The smallest absolute Gasteiger partial charge is 0.332 e. The molecule has 0 fully saturated rings. The number of carbonyl (C=O) groups is 1. The Balaban J connectivity index is 3.65. The van der Waals surface area contributed by atoms with Gasteiger partial charge in [0, 0.05) is 18.3 Å². The van der Waals surface area contributed by atoms with Crippen molar-refractivity contribution in [2.24, 2.45) is 0 Å². The van der Waals surface area contributed by atoms with E-state index >= 15 is 0 Å². The van der Waals surface area contributed by atoms with Crippen molar-refractivity contribution in [3.63, 3.8) is 0 Å². The number of hydrogen-bond acceptors (Lipinski definition) is 3. The van der Waals surface area contributed by atoms with Crippen LogP contribution in [0.15, 0.2) is 11.8 Å². The maximum atomic E-state index is 11.1. The first-order valence-electron chi connectivity index (χ1n) is 4.79. The lowest BCUT2D eigenvalue weighted by Gasteiger charge is -2.03. The van der Waals surface area contributed by atoms with Gasteiger partial charge in [0.2, 0.25) is 0 Å². The van der Waals surface area contributed by atoms with Crippen LogP contribution in [0.3, 0.4) is 0 Å². The number of allylic oxidation sites excluding steroid dienone is 1. The summed E-state index contributed by atoms with van der Waals surface area (Å²) in [7, 11) is 0. The summed E-state index contributed by atoms with van der Waals surface area (Å²) >= 11 is 0. The van der Waals surface area contributed by atoms with Gasteiger partial charge in [-0.25, -0.2) is 4.79 Å². The van der Waals surface area contributed by atoms with Gasteiger partial charge >= 0.3 is 5.97 Å². The average molecular weight is 185 g/mol. The van der Waals surface area contributed by atoms with Crippen molar-refractivity contribution < 1.29 is 9.53 Å². The minimum absolute atomic E-state index is 0.257. The van der Waals surface area contributed by atoms with Crippen LogP contribution in [0.2, 0.25) is 0 Å². The van der Waals surface area contributed by atoms with Gasteiger partial charge in [0.15, 0.2) is 0 Å². The van der Waals surface area contributed by atoms with E-state index in [9.17, 15) is 4.79 Å². The van der Waals surface area contributed by atoms with Crippen molar-refractivity contribution in [1.82, 2.24) is 5.32 Å². The molecule has 0 aromatic rings. The summed E-state index contributed by atoms with van der Waals surface area (Å²) in [5.74, 6) is -0.257. The van der Waals surface area contributed by atoms with Crippen LogP contribution in [-0.4, -0.2) is 19.1 Å². The van der Waals surface area contributed by atoms with E-state index < -0.39 is 0 Å². The van der Waals surface area contributed by atoms with Crippen LogP contribution in [0.5, 0.6) is 0 Å². The number of ether oxygens (including phenoxy) is 1. The van der Waals surface area contributed by atoms with Crippen LogP contribution >= 0.6 is 0 Å². The standard InChI is InChI=1S/C10H19NO2/c1-4-6-7-13-10(12)8-9(3)11-5-2/h8,11H,4-7H2,1-3H3/b9-8+. The maximum Gasteiger partial charge on any atom is 0.332 e. The first-order valence-corrected chi connectivity index (χ1v) is 4.79. The molecular weight excluding hydrogens is 166 g/mol. The molecule has 0 aliphatic rings. The van der Waals surface area contributed by atoms with Crippen molar-refractivity contribution >= 4 is 5.97 Å². The minimum Gasteiger partial charge on any atom is -0.462 e. The normalized spacial score (nSPS) is 11.2. The Morgan fingerprint density at radius 1 is 1.46 bits per heavy atom. The molecule has 0 rings (SSSR count). The van der Waals surface area contributed by atoms with Crippen LogP contribution in [0.1, 0.15) is 33.6 Å². The van der Waals surface area contributed by atoms with Gasteiger partial charge < -0.3 is 10.1 Å². The third kappa shape index (κ3) is 7.37. The minimum atomic E-state index is -0.257. The lowest BCUT2D eigenvalue weighted by Crippen LogP contribution is -2.12. The van der Waals surface area contributed by atoms with Gasteiger partial charge in [-0.05, 0) is 20.3 Å². The molecule has 0 unspecified atom stereocenters. The molecule has 13 heavy (non-hydrogen) atoms. The van der Waals surface area contributed by atoms with Gasteiger partial charge in [0.05, 0.1) is 6.61 Å². The second kappa shape index (κ2) is 7.65. The number of hydrogen-bond donors (Lipinski definition) is 1. The monoisotopic (exact) mass is 185 g/mol. The predicted molar refractivity (Wildman–Crippen MR) is 53.3 cm³/mol. The molecule has 0 aliphatic carbocycles. The largest absolute Gasteiger partial charge is 0.462 e. The van der Waals surface area contributed by atoms with E-state index in [2.05, 4.69) is 12.2 Å². The topological polar surface area (TPSA) is 38.3 Å². The number of esters is 1. The van der Waals surface area contributed by atoms with E-state index in [0.717, 1.165) is 25.1 Å². The van der Waals surface area contributed by atoms with Crippen LogP contribution in [-0.2, 0) is 9.53 Å². The van der Waals surface area contributed by atoms with Crippen molar-refractivity contribution in [2.45, 2.75) is 33.6 Å². The van der Waals surface area contributed by atoms with E-state index in [-0.39, 0.29) is 5.97 Å². The number of nitrogens with one attached hydrogen (secondary N) is 1. The lowest BCUT2D eigenvalue weighted by atomic mass is 10.3. The first-order chi connectivity index (χ1) is 6.20. The summed E-state index contributed by atoms with van der Waals surface area (Å²) in [6.45, 7) is 7.24. The van der Waals surface area contributed by atoms with E-state index in [1.165, 1.54) is 6.08 Å². The quantitative estimate of drug-likeness (QED) is 0.390. The molecule has 0 saturated heterocycles. The Kier molecular flexibility index (Phi) is 7.07. The average Bonchev–Trinajstić information content (AvgIpc) is 2.05. The summed E-state index contributed by atoms with van der Waals surface area (Å²) < 4.78 is 4.94. The maximum absolute atomic E-state index is 11.1. The molecule has 0 heterocycles. The molecule has 0 aliphatic heterocycles. The van der Waals surface area contributed by atoms with Crippen molar-refractivity contribution in [3.8, 4) is 0 Å². The Hall–Kier alpha value is -0.990. The fourth-order valence-electron chi connectivity index (χ4n) is 0.865. The third-order valence-electron chi connectivity index (χ3n) is 1.53. The zero-order valence-corrected chi connectivity index (χ0v) is 8.72. The van der Waals surface area contributed by atoms with Crippen molar-refractivity contribution in [1.29, 1.82) is 0 Å². The van der Waals surface area contributed by atoms with Gasteiger partial charge in [0.1, 0.15) is 0 Å². The van der Waals surface area contributed by atoms with Crippen LogP contribution in [0.4, 0.5) is 0 Å². The predicted octanol–water partition coefficient (Wildman–Crippen LogP) is 1.84. The highest BCUT2D eigenvalue weighted by Gasteiger charge is 1.97. The molecule has 0 aromatic heterocycles. The first kappa shape index (κ1) is 12.0. The lowest BCUT2D eigenvalue weighted by molar-refractivity contribution is -0.137. The number of unbranched alkanes of at least 4 members (excludes halogenated alkanes) is 1. The van der Waals surface area contributed by atoms with Gasteiger partial charge in [-0.2, -0.15) is 0 Å². The van der Waals surface area contributed by atoms with E-state index in [0.29, 0.717) is 6.61 Å². The fraction of sp³-hybridized carbons (Fsp3) is 0.700. The zero-order chi connectivity index (χ0) is 10.1. The molecule has 0 atom stereocenters. The highest BCUT2D eigenvalue weighted by atomic mass is 16.5. The summed E-state index contributed by atoms with van der Waals surface area (Å²) in [4.78, 5) is 11.1. The van der Waals surface area contributed by atoms with Gasteiger partial charge in [-0.3, -0.25) is 0 Å². The number of carbonyl (C=O) groups excluding carboxylic acids is 1. The highest BCUT2D eigenvalue weighted by Crippen LogP contribution is 1.92. The fourth-order valence-corrected chi connectivity index (χ4v) is 0.865. The molecule has 76 valence electrons. The molecular formula is C10H19NO2. The molecule has 1 N–H and O–H groups in total. The second-order valence-corrected chi connectivity index (χ2v) is 2.88. The Morgan fingerprint density at radius 2 is 2.15 bits per heavy atom. The third-order valence-corrected chi connectivity index (χ3v) is 1.53. The summed E-state index contributed by atoms with van der Waals surface area (Å²) in [5, 5.41) is 3.03. The van der Waals surface area contributed by atoms with Gasteiger partial charge in [0.25, 0.3) is 0 Å². The van der Waals surface area contributed by atoms with E-state index in [4.69, 9.17) is 4.74 Å². The van der Waals surface area contributed by atoms with Crippen LogP contribution in [0.25, 0.3) is 0 Å². The van der Waals surface area contributed by atoms with Gasteiger partial charge in [-0.15, -0.1) is 0 Å². The Morgan fingerprint density at radius 3 is 2.69 bits per heavy atom. The van der Waals surface area contributed by atoms with Gasteiger partial charge in [-0.1, -0.05) is 13.3 Å². The molecule has 0 bridgehead atoms. The molecule has 3 heteroatoms. The van der Waals surface area contributed by atoms with Crippen molar-refractivity contribution in [2.75, 3.05) is 13.2 Å². The molecule has 0 spiro atoms. The zero-order valence-electron chi connectivity index (χ0n) is 8.72. The summed E-state index contributed by atoms with van der Waals surface area (Å²) in [5.41, 5.74) is 0.851. The second-order valence-electron chi connectivity index (χ2n) is 2.88. The SMILES string of the molecule is CCCCOC(=O)/C=C(\C)NCC. The van der Waals surface area contributed by atoms with Crippen molar-refractivity contribution in [3.05, 3.63) is 11.8 Å². The Bertz CT molecular complexity index is 176. The number of rotatable bonds is 6. The molecule has 0 radical (unpaired) electrons. The van der Waals surface area contributed by atoms with Crippen LogP contribution < -0.4 is 5.32 Å². The Labute approximate surface area is 80.2 Å². The highest BCUT2D eigenvalue weighted by molar-refractivity contribution is 5.82.